The van der Waals surface area contributed by atoms with Crippen molar-refractivity contribution in [1.29, 1.82) is 0 Å². The summed E-state index contributed by atoms with van der Waals surface area (Å²) in [6, 6.07) is 0. The summed E-state index contributed by atoms with van der Waals surface area (Å²) in [6.45, 7) is 8.84. The lowest BCUT2D eigenvalue weighted by Crippen LogP contribution is -2.59. The number of ether oxygens (including phenoxy) is 4. The second-order valence-corrected chi connectivity index (χ2v) is 12.1. The molecule has 4 bridgehead atoms. The molecule has 0 aromatic carbocycles. The maximum absolute atomic E-state index is 13.4. The van der Waals surface area contributed by atoms with Crippen LogP contribution in [0.4, 0.5) is 0 Å². The van der Waals surface area contributed by atoms with E-state index in [0.29, 0.717) is 18.3 Å². The smallest absolute Gasteiger partial charge is 0.350 e. The molecule has 3 atom stereocenters. The van der Waals surface area contributed by atoms with Crippen molar-refractivity contribution in [3.05, 3.63) is 0 Å². The van der Waals surface area contributed by atoms with E-state index in [9.17, 15) is 19.2 Å². The summed E-state index contributed by atoms with van der Waals surface area (Å²) in [6.07, 6.45) is 7.00. The van der Waals surface area contributed by atoms with Crippen LogP contribution >= 0.6 is 0 Å². The first-order valence-corrected chi connectivity index (χ1v) is 13.8. The first kappa shape index (κ1) is 26.9. The van der Waals surface area contributed by atoms with E-state index in [-0.39, 0.29) is 31.0 Å². The van der Waals surface area contributed by atoms with E-state index in [0.717, 1.165) is 43.9 Å². The van der Waals surface area contributed by atoms with Crippen molar-refractivity contribution >= 4 is 23.9 Å². The standard InChI is InChI=1S/C28H42O8/c1-6-19(24(30)36-28(7-2)20-12-17-11-18(14-20)15-21(28)13-17)10-16(3)23(29)35-27(4,5)26(32)34-22-8-9-33-25(22)31/h16-22H,6-15H2,1-5H3. The summed E-state index contributed by atoms with van der Waals surface area (Å²) < 4.78 is 21.9. The molecule has 3 unspecified atom stereocenters. The van der Waals surface area contributed by atoms with E-state index >= 15 is 0 Å². The Balaban J connectivity index is 1.33. The molecular weight excluding hydrogens is 464 g/mol. The van der Waals surface area contributed by atoms with E-state index < -0.39 is 41.4 Å². The van der Waals surface area contributed by atoms with Gasteiger partial charge in [0.2, 0.25) is 11.7 Å². The number of carbonyl (C=O) groups excluding carboxylic acids is 4. The van der Waals surface area contributed by atoms with Crippen molar-refractivity contribution in [3.63, 3.8) is 0 Å². The zero-order valence-corrected chi connectivity index (χ0v) is 22.4. The highest BCUT2D eigenvalue weighted by molar-refractivity contribution is 5.86. The van der Waals surface area contributed by atoms with Gasteiger partial charge >= 0.3 is 23.9 Å². The van der Waals surface area contributed by atoms with Crippen LogP contribution in [-0.2, 0) is 38.1 Å². The molecule has 1 aliphatic heterocycles. The third kappa shape index (κ3) is 5.14. The first-order chi connectivity index (χ1) is 17.0. The van der Waals surface area contributed by atoms with Crippen LogP contribution in [0.1, 0.15) is 92.4 Å². The van der Waals surface area contributed by atoms with E-state index in [2.05, 4.69) is 6.92 Å². The second-order valence-electron chi connectivity index (χ2n) is 12.1. The number of esters is 4. The summed E-state index contributed by atoms with van der Waals surface area (Å²) >= 11 is 0. The van der Waals surface area contributed by atoms with Gasteiger partial charge in [-0.2, -0.15) is 0 Å². The fourth-order valence-electron chi connectivity index (χ4n) is 7.27. The Morgan fingerprint density at radius 2 is 1.64 bits per heavy atom. The topological polar surface area (TPSA) is 105 Å². The van der Waals surface area contributed by atoms with Gasteiger partial charge in [0.25, 0.3) is 0 Å². The van der Waals surface area contributed by atoms with Gasteiger partial charge in [-0.1, -0.05) is 20.8 Å². The molecule has 36 heavy (non-hydrogen) atoms. The average Bonchev–Trinajstić information content (AvgIpc) is 3.22. The summed E-state index contributed by atoms with van der Waals surface area (Å²) in [5, 5.41) is 0. The average molecular weight is 507 g/mol. The minimum atomic E-state index is -1.57. The fraction of sp³-hybridized carbons (Fsp3) is 0.857. The lowest BCUT2D eigenvalue weighted by atomic mass is 9.49. The van der Waals surface area contributed by atoms with Gasteiger partial charge in [0.15, 0.2) is 0 Å². The Labute approximate surface area is 214 Å². The van der Waals surface area contributed by atoms with Crippen LogP contribution in [-0.4, -0.2) is 47.8 Å². The van der Waals surface area contributed by atoms with Crippen molar-refractivity contribution in [1.82, 2.24) is 0 Å². The molecule has 5 aliphatic rings. The quantitative estimate of drug-likeness (QED) is 0.318. The van der Waals surface area contributed by atoms with Gasteiger partial charge in [0, 0.05) is 6.42 Å². The Bertz CT molecular complexity index is 849. The Morgan fingerprint density at radius 1 is 1.03 bits per heavy atom. The minimum absolute atomic E-state index is 0.199. The molecule has 5 fully saturated rings. The molecule has 4 saturated carbocycles. The van der Waals surface area contributed by atoms with Crippen LogP contribution in [0, 0.1) is 35.5 Å². The highest BCUT2D eigenvalue weighted by atomic mass is 16.6. The molecule has 0 aromatic rings. The van der Waals surface area contributed by atoms with Crippen LogP contribution in [0.5, 0.6) is 0 Å². The summed E-state index contributed by atoms with van der Waals surface area (Å²) in [5.74, 6) is -0.745. The molecule has 4 aliphatic carbocycles. The maximum Gasteiger partial charge on any atom is 0.350 e. The van der Waals surface area contributed by atoms with Crippen molar-refractivity contribution in [2.45, 2.75) is 110 Å². The van der Waals surface area contributed by atoms with Gasteiger partial charge in [-0.15, -0.1) is 0 Å². The molecule has 5 rings (SSSR count). The van der Waals surface area contributed by atoms with Crippen LogP contribution < -0.4 is 0 Å². The molecule has 0 N–H and O–H groups in total. The maximum atomic E-state index is 13.4. The summed E-state index contributed by atoms with van der Waals surface area (Å²) in [5.41, 5.74) is -1.93. The molecule has 0 spiro atoms. The number of hydrogen-bond donors (Lipinski definition) is 0. The van der Waals surface area contributed by atoms with Crippen LogP contribution in [0.15, 0.2) is 0 Å². The Morgan fingerprint density at radius 3 is 2.14 bits per heavy atom. The van der Waals surface area contributed by atoms with Crippen molar-refractivity contribution < 1.29 is 38.1 Å². The predicted molar refractivity (Wildman–Crippen MR) is 129 cm³/mol. The normalized spacial score (nSPS) is 34.6. The van der Waals surface area contributed by atoms with Crippen LogP contribution in [0.25, 0.3) is 0 Å². The third-order valence-electron chi connectivity index (χ3n) is 9.21. The third-order valence-corrected chi connectivity index (χ3v) is 9.21. The van der Waals surface area contributed by atoms with Gasteiger partial charge in [-0.05, 0) is 88.9 Å². The molecule has 0 aromatic heterocycles. The molecular formula is C28H42O8. The minimum Gasteiger partial charge on any atom is -0.463 e. The molecule has 1 saturated heterocycles. The first-order valence-electron chi connectivity index (χ1n) is 13.8. The lowest BCUT2D eigenvalue weighted by Gasteiger charge is -2.60. The van der Waals surface area contributed by atoms with Crippen molar-refractivity contribution in [2.75, 3.05) is 6.61 Å². The van der Waals surface area contributed by atoms with Crippen molar-refractivity contribution in [2.24, 2.45) is 35.5 Å². The molecule has 0 radical (unpaired) electrons. The summed E-state index contributed by atoms with van der Waals surface area (Å²) in [4.78, 5) is 50.4. The molecule has 8 heteroatoms. The van der Waals surface area contributed by atoms with Crippen molar-refractivity contribution in [3.8, 4) is 0 Å². The zero-order valence-electron chi connectivity index (χ0n) is 22.4. The number of rotatable bonds is 10. The highest BCUT2D eigenvalue weighted by Gasteiger charge is 2.58. The lowest BCUT2D eigenvalue weighted by molar-refractivity contribution is -0.215. The second kappa shape index (κ2) is 10.3. The number of carbonyl (C=O) groups is 4. The SMILES string of the molecule is CCC(CC(C)C(=O)OC(C)(C)C(=O)OC1CCOC1=O)C(=O)OC1(CC)C2CC3CC(C2)CC1C3. The van der Waals surface area contributed by atoms with Crippen LogP contribution in [0.2, 0.25) is 0 Å². The molecule has 8 nitrogen and oxygen atoms in total. The van der Waals surface area contributed by atoms with Gasteiger partial charge in [0.1, 0.15) is 5.60 Å². The monoisotopic (exact) mass is 506 g/mol. The highest BCUT2D eigenvalue weighted by Crippen LogP contribution is 2.60. The molecule has 0 amide bonds. The fourth-order valence-corrected chi connectivity index (χ4v) is 7.27. The van der Waals surface area contributed by atoms with Crippen LogP contribution in [0.3, 0.4) is 0 Å². The Kier molecular flexibility index (Phi) is 7.73. The number of cyclic esters (lactones) is 1. The van der Waals surface area contributed by atoms with E-state index in [1.54, 1.807) is 6.92 Å². The predicted octanol–water partition coefficient (Wildman–Crippen LogP) is 4.37. The van der Waals surface area contributed by atoms with Gasteiger partial charge < -0.3 is 18.9 Å². The molecule has 202 valence electrons. The van der Waals surface area contributed by atoms with Gasteiger partial charge in [0.05, 0.1) is 18.4 Å². The largest absolute Gasteiger partial charge is 0.463 e. The number of hydrogen-bond acceptors (Lipinski definition) is 8. The van der Waals surface area contributed by atoms with E-state index in [1.807, 2.05) is 6.92 Å². The van der Waals surface area contributed by atoms with Gasteiger partial charge in [-0.25, -0.2) is 9.59 Å². The zero-order chi connectivity index (χ0) is 26.3. The van der Waals surface area contributed by atoms with E-state index in [1.165, 1.54) is 20.3 Å². The van der Waals surface area contributed by atoms with Gasteiger partial charge in [-0.3, -0.25) is 9.59 Å². The summed E-state index contributed by atoms with van der Waals surface area (Å²) in [7, 11) is 0. The van der Waals surface area contributed by atoms with E-state index in [4.69, 9.17) is 18.9 Å². The Hall–Kier alpha value is -2.12. The molecule has 1 heterocycles.